The maximum atomic E-state index is 12.5. The summed E-state index contributed by atoms with van der Waals surface area (Å²) in [7, 11) is -4.48. The van der Waals surface area contributed by atoms with Gasteiger partial charge in [-0.05, 0) is 36.4 Å². The highest BCUT2D eigenvalue weighted by Gasteiger charge is 2.31. The molecule has 0 spiro atoms. The average Bonchev–Trinajstić information content (AvgIpc) is 2.69. The lowest BCUT2D eigenvalue weighted by Gasteiger charge is -2.09. The van der Waals surface area contributed by atoms with E-state index >= 15 is 0 Å². The van der Waals surface area contributed by atoms with Crippen LogP contribution in [0.15, 0.2) is 71.8 Å². The molecule has 1 aromatic heterocycles. The van der Waals surface area contributed by atoms with Gasteiger partial charge in [0.05, 0.1) is 10.5 Å². The quantitative estimate of drug-likeness (QED) is 0.314. The first-order valence-electron chi connectivity index (χ1n) is 8.05. The van der Waals surface area contributed by atoms with Crippen molar-refractivity contribution in [2.75, 3.05) is 0 Å². The Hall–Kier alpha value is -3.67. The van der Waals surface area contributed by atoms with E-state index in [0.717, 1.165) is 24.3 Å². The number of pyridine rings is 1. The topological polar surface area (TPSA) is 109 Å². The zero-order valence-electron chi connectivity index (χ0n) is 14.7. The molecule has 0 aliphatic carbocycles. The van der Waals surface area contributed by atoms with Gasteiger partial charge in [0.2, 0.25) is 5.88 Å². The van der Waals surface area contributed by atoms with E-state index in [2.05, 4.69) is 4.98 Å². The molecule has 2 aromatic carbocycles. The van der Waals surface area contributed by atoms with E-state index in [1.165, 1.54) is 36.4 Å². The molecule has 0 bridgehead atoms. The van der Waals surface area contributed by atoms with Crippen molar-refractivity contribution in [3.05, 3.63) is 82.5 Å². The SMILES string of the molecule is O=[N+]([O-])c1ccccc1S(=O)(=O)Oc1ccc(Oc2ccc(C(F)(F)F)cn2)cc1. The molecule has 0 saturated heterocycles. The highest BCUT2D eigenvalue weighted by atomic mass is 32.2. The van der Waals surface area contributed by atoms with E-state index < -0.39 is 37.4 Å². The number of rotatable bonds is 6. The molecule has 0 amide bonds. The van der Waals surface area contributed by atoms with Gasteiger partial charge in [0, 0.05) is 18.3 Å². The third-order valence-electron chi connectivity index (χ3n) is 3.65. The summed E-state index contributed by atoms with van der Waals surface area (Å²) in [6.45, 7) is 0. The molecule has 12 heteroatoms. The minimum Gasteiger partial charge on any atom is -0.439 e. The molecule has 0 radical (unpaired) electrons. The smallest absolute Gasteiger partial charge is 0.417 e. The van der Waals surface area contributed by atoms with Crippen molar-refractivity contribution < 1.29 is 35.4 Å². The van der Waals surface area contributed by atoms with Gasteiger partial charge in [-0.15, -0.1) is 0 Å². The van der Waals surface area contributed by atoms with E-state index in [1.807, 2.05) is 0 Å². The van der Waals surface area contributed by atoms with Crippen molar-refractivity contribution in [3.63, 3.8) is 0 Å². The van der Waals surface area contributed by atoms with E-state index in [1.54, 1.807) is 0 Å². The molecule has 3 aromatic rings. The summed E-state index contributed by atoms with van der Waals surface area (Å²) in [6.07, 6.45) is -3.91. The largest absolute Gasteiger partial charge is 0.439 e. The minimum atomic E-state index is -4.52. The van der Waals surface area contributed by atoms with Gasteiger partial charge in [0.15, 0.2) is 4.90 Å². The van der Waals surface area contributed by atoms with Crippen LogP contribution in [-0.4, -0.2) is 18.3 Å². The molecule has 0 atom stereocenters. The van der Waals surface area contributed by atoms with Crippen LogP contribution in [0.2, 0.25) is 0 Å². The van der Waals surface area contributed by atoms with E-state index in [-0.39, 0.29) is 17.4 Å². The Morgan fingerprint density at radius 1 is 0.933 bits per heavy atom. The maximum Gasteiger partial charge on any atom is 0.417 e. The monoisotopic (exact) mass is 440 g/mol. The van der Waals surface area contributed by atoms with E-state index in [9.17, 15) is 31.7 Å². The number of nitrogens with zero attached hydrogens (tertiary/aromatic N) is 2. The molecule has 0 unspecified atom stereocenters. The predicted octanol–water partition coefficient (Wildman–Crippen LogP) is 4.57. The summed E-state index contributed by atoms with van der Waals surface area (Å²) < 4.78 is 72.5. The van der Waals surface area contributed by atoms with Gasteiger partial charge in [-0.1, -0.05) is 12.1 Å². The highest BCUT2D eigenvalue weighted by Crippen LogP contribution is 2.31. The van der Waals surface area contributed by atoms with Crippen molar-refractivity contribution in [3.8, 4) is 17.4 Å². The number of ether oxygens (including phenoxy) is 1. The van der Waals surface area contributed by atoms with E-state index in [0.29, 0.717) is 6.20 Å². The summed E-state index contributed by atoms with van der Waals surface area (Å²) in [5, 5.41) is 11.0. The molecule has 30 heavy (non-hydrogen) atoms. The lowest BCUT2D eigenvalue weighted by molar-refractivity contribution is -0.387. The van der Waals surface area contributed by atoms with Gasteiger partial charge in [-0.3, -0.25) is 10.1 Å². The standard InChI is InChI=1S/C18H11F3N2O6S/c19-18(20,21)12-5-10-17(22-11-12)28-13-6-8-14(9-7-13)29-30(26,27)16-4-2-1-3-15(16)23(24)25/h1-11H. The normalized spacial score (nSPS) is 11.7. The first-order chi connectivity index (χ1) is 14.1. The van der Waals surface area contributed by atoms with Crippen molar-refractivity contribution in [2.45, 2.75) is 11.1 Å². The summed E-state index contributed by atoms with van der Waals surface area (Å²) in [6, 6.07) is 11.6. The molecule has 0 fully saturated rings. The Labute approximate surface area is 167 Å². The summed E-state index contributed by atoms with van der Waals surface area (Å²) in [4.78, 5) is 13.1. The Kier molecular flexibility index (Phi) is 5.60. The molecule has 0 saturated carbocycles. The molecule has 1 heterocycles. The van der Waals surface area contributed by atoms with Crippen molar-refractivity contribution in [1.82, 2.24) is 4.98 Å². The second-order valence-electron chi connectivity index (χ2n) is 5.72. The number of hydrogen-bond donors (Lipinski definition) is 0. The minimum absolute atomic E-state index is 0.107. The van der Waals surface area contributed by atoms with E-state index in [4.69, 9.17) is 8.92 Å². The fourth-order valence-electron chi connectivity index (χ4n) is 2.28. The lowest BCUT2D eigenvalue weighted by Crippen LogP contribution is -2.11. The third-order valence-corrected chi connectivity index (χ3v) is 4.94. The molecule has 0 N–H and O–H groups in total. The molecule has 0 aliphatic rings. The number of halogens is 3. The van der Waals surface area contributed by atoms with Gasteiger partial charge in [0.1, 0.15) is 11.5 Å². The number of aromatic nitrogens is 1. The molecular formula is C18H11F3N2O6S. The summed E-state index contributed by atoms with van der Waals surface area (Å²) >= 11 is 0. The van der Waals surface area contributed by atoms with Crippen LogP contribution in [0.3, 0.4) is 0 Å². The first kappa shape index (κ1) is 21.0. The van der Waals surface area contributed by atoms with Crippen LogP contribution >= 0.6 is 0 Å². The van der Waals surface area contributed by atoms with Crippen molar-refractivity contribution in [1.29, 1.82) is 0 Å². The van der Waals surface area contributed by atoms with Crippen LogP contribution in [0.25, 0.3) is 0 Å². The van der Waals surface area contributed by atoms with Crippen LogP contribution in [-0.2, 0) is 16.3 Å². The number of nitro benzene ring substituents is 1. The summed E-state index contributed by atoms with van der Waals surface area (Å²) in [5.41, 5.74) is -1.57. The van der Waals surface area contributed by atoms with Gasteiger partial charge in [0.25, 0.3) is 5.69 Å². The van der Waals surface area contributed by atoms with Gasteiger partial charge in [-0.2, -0.15) is 21.6 Å². The molecule has 3 rings (SSSR count). The second kappa shape index (κ2) is 7.99. The molecule has 8 nitrogen and oxygen atoms in total. The third kappa shape index (κ3) is 4.84. The number of alkyl halides is 3. The van der Waals surface area contributed by atoms with Gasteiger partial charge < -0.3 is 8.92 Å². The van der Waals surface area contributed by atoms with Crippen LogP contribution in [0.4, 0.5) is 18.9 Å². The molecular weight excluding hydrogens is 429 g/mol. The Bertz CT molecular complexity index is 1160. The van der Waals surface area contributed by atoms with Crippen LogP contribution in [0.5, 0.6) is 17.4 Å². The van der Waals surface area contributed by atoms with Crippen LogP contribution in [0.1, 0.15) is 5.56 Å². The number of nitro groups is 1. The fourth-order valence-corrected chi connectivity index (χ4v) is 3.38. The van der Waals surface area contributed by atoms with Crippen molar-refractivity contribution in [2.24, 2.45) is 0 Å². The van der Waals surface area contributed by atoms with Crippen LogP contribution in [0, 0.1) is 10.1 Å². The molecule has 0 aliphatic heterocycles. The Morgan fingerprint density at radius 2 is 1.57 bits per heavy atom. The number of para-hydroxylation sites is 1. The lowest BCUT2D eigenvalue weighted by atomic mass is 10.3. The zero-order valence-corrected chi connectivity index (χ0v) is 15.6. The Morgan fingerprint density at radius 3 is 2.13 bits per heavy atom. The molecule has 156 valence electrons. The highest BCUT2D eigenvalue weighted by molar-refractivity contribution is 7.87. The van der Waals surface area contributed by atoms with Crippen LogP contribution < -0.4 is 8.92 Å². The number of hydrogen-bond acceptors (Lipinski definition) is 7. The van der Waals surface area contributed by atoms with Gasteiger partial charge >= 0.3 is 16.3 Å². The Balaban J connectivity index is 1.74. The number of benzene rings is 2. The second-order valence-corrected chi connectivity index (χ2v) is 7.23. The maximum absolute atomic E-state index is 12.5. The van der Waals surface area contributed by atoms with Gasteiger partial charge in [-0.25, -0.2) is 4.98 Å². The predicted molar refractivity (Wildman–Crippen MR) is 96.7 cm³/mol. The zero-order chi connectivity index (χ0) is 21.9. The summed E-state index contributed by atoms with van der Waals surface area (Å²) in [5.74, 6) is -0.109. The van der Waals surface area contributed by atoms with Crippen molar-refractivity contribution >= 4 is 15.8 Å². The first-order valence-corrected chi connectivity index (χ1v) is 9.46. The average molecular weight is 440 g/mol. The fraction of sp³-hybridized carbons (Fsp3) is 0.0556.